The van der Waals surface area contributed by atoms with E-state index in [1.54, 1.807) is 12.1 Å². The molecule has 18 heavy (non-hydrogen) atoms. The first-order valence-electron chi connectivity index (χ1n) is 5.61. The Bertz CT molecular complexity index is 444. The first kappa shape index (κ1) is 13.8. The Hall–Kier alpha value is -2.30. The fourth-order valence-electron chi connectivity index (χ4n) is 1.31. The van der Waals surface area contributed by atoms with E-state index >= 15 is 0 Å². The molecular weight excluding hydrogens is 230 g/mol. The Kier molecular flexibility index (Phi) is 5.44. The summed E-state index contributed by atoms with van der Waals surface area (Å²) in [5.41, 5.74) is 1.75. The van der Waals surface area contributed by atoms with Crippen LogP contribution in [0.15, 0.2) is 36.9 Å². The average molecular weight is 247 g/mol. The van der Waals surface area contributed by atoms with Crippen LogP contribution in [0.5, 0.6) is 0 Å². The molecule has 0 spiro atoms. The van der Waals surface area contributed by atoms with E-state index in [2.05, 4.69) is 22.5 Å². The van der Waals surface area contributed by atoms with Crippen molar-refractivity contribution >= 4 is 17.6 Å². The van der Waals surface area contributed by atoms with Gasteiger partial charge in [-0.05, 0) is 24.6 Å². The number of urea groups is 1. The van der Waals surface area contributed by atoms with E-state index in [1.807, 2.05) is 25.1 Å². The van der Waals surface area contributed by atoms with E-state index in [4.69, 9.17) is 0 Å². The highest BCUT2D eigenvalue weighted by atomic mass is 16.2. The van der Waals surface area contributed by atoms with E-state index in [9.17, 15) is 9.59 Å². The second-order valence-electron chi connectivity index (χ2n) is 3.77. The number of aryl methyl sites for hydroxylation is 1. The number of carbonyl (C=O) groups is 2. The van der Waals surface area contributed by atoms with Crippen molar-refractivity contribution in [3.05, 3.63) is 42.5 Å². The van der Waals surface area contributed by atoms with Crippen LogP contribution in [0.1, 0.15) is 5.56 Å². The van der Waals surface area contributed by atoms with Gasteiger partial charge in [-0.3, -0.25) is 4.79 Å². The molecule has 96 valence electrons. The third kappa shape index (κ3) is 5.16. The maximum absolute atomic E-state index is 11.5. The van der Waals surface area contributed by atoms with E-state index in [-0.39, 0.29) is 12.5 Å². The van der Waals surface area contributed by atoms with Gasteiger partial charge >= 0.3 is 6.03 Å². The van der Waals surface area contributed by atoms with Crippen LogP contribution in [-0.4, -0.2) is 25.0 Å². The standard InChI is InChI=1S/C13H17N3O2/c1-3-7-14-12(17)9-15-13(18)16-11-6-4-5-10(2)8-11/h3-6,8H,1,7,9H2,2H3,(H,14,17)(H2,15,16,18). The Labute approximate surface area is 106 Å². The largest absolute Gasteiger partial charge is 0.351 e. The zero-order valence-corrected chi connectivity index (χ0v) is 10.3. The van der Waals surface area contributed by atoms with E-state index in [0.29, 0.717) is 12.2 Å². The molecule has 0 fully saturated rings. The zero-order valence-electron chi connectivity index (χ0n) is 10.3. The average Bonchev–Trinajstić information content (AvgIpc) is 2.34. The molecule has 3 amide bonds. The van der Waals surface area contributed by atoms with Crippen LogP contribution in [0.3, 0.4) is 0 Å². The number of benzene rings is 1. The summed E-state index contributed by atoms with van der Waals surface area (Å²) in [6, 6.07) is 7.00. The van der Waals surface area contributed by atoms with Crippen LogP contribution in [0, 0.1) is 6.92 Å². The lowest BCUT2D eigenvalue weighted by atomic mass is 10.2. The van der Waals surface area contributed by atoms with Crippen LogP contribution < -0.4 is 16.0 Å². The molecule has 0 aromatic heterocycles. The van der Waals surface area contributed by atoms with Crippen molar-refractivity contribution in [1.82, 2.24) is 10.6 Å². The molecule has 0 saturated carbocycles. The number of hydrogen-bond acceptors (Lipinski definition) is 2. The van der Waals surface area contributed by atoms with Gasteiger partial charge in [-0.1, -0.05) is 18.2 Å². The minimum atomic E-state index is -0.408. The Morgan fingerprint density at radius 3 is 2.78 bits per heavy atom. The summed E-state index contributed by atoms with van der Waals surface area (Å²) in [6.07, 6.45) is 1.57. The maximum Gasteiger partial charge on any atom is 0.319 e. The molecule has 1 aromatic carbocycles. The summed E-state index contributed by atoms with van der Waals surface area (Å²) < 4.78 is 0. The lowest BCUT2D eigenvalue weighted by Crippen LogP contribution is -2.38. The predicted octanol–water partition coefficient (Wildman–Crippen LogP) is 1.42. The quantitative estimate of drug-likeness (QED) is 0.689. The van der Waals surface area contributed by atoms with Gasteiger partial charge in [0.15, 0.2) is 0 Å². The minimum absolute atomic E-state index is 0.0640. The van der Waals surface area contributed by atoms with E-state index in [0.717, 1.165) is 5.56 Å². The molecule has 5 heteroatoms. The summed E-state index contributed by atoms with van der Waals surface area (Å²) in [6.45, 7) is 5.74. The molecule has 0 unspecified atom stereocenters. The van der Waals surface area contributed by atoms with Crippen molar-refractivity contribution in [2.24, 2.45) is 0 Å². The summed E-state index contributed by atoms with van der Waals surface area (Å²) in [5, 5.41) is 7.67. The number of carbonyl (C=O) groups excluding carboxylic acids is 2. The number of anilines is 1. The molecule has 0 saturated heterocycles. The van der Waals surface area contributed by atoms with E-state index < -0.39 is 6.03 Å². The summed E-state index contributed by atoms with van der Waals surface area (Å²) in [5.74, 6) is -0.255. The molecular formula is C13H17N3O2. The van der Waals surface area contributed by atoms with Crippen LogP contribution in [0.25, 0.3) is 0 Å². The molecule has 0 atom stereocenters. The Balaban J connectivity index is 2.33. The monoisotopic (exact) mass is 247 g/mol. The van der Waals surface area contributed by atoms with Crippen LogP contribution >= 0.6 is 0 Å². The molecule has 0 bridgehead atoms. The first-order valence-corrected chi connectivity index (χ1v) is 5.61. The Morgan fingerprint density at radius 2 is 2.11 bits per heavy atom. The first-order chi connectivity index (χ1) is 8.61. The third-order valence-electron chi connectivity index (χ3n) is 2.13. The second-order valence-corrected chi connectivity index (χ2v) is 3.77. The van der Waals surface area contributed by atoms with Crippen molar-refractivity contribution in [1.29, 1.82) is 0 Å². The van der Waals surface area contributed by atoms with Gasteiger partial charge in [0.1, 0.15) is 0 Å². The van der Waals surface area contributed by atoms with Gasteiger partial charge in [0.05, 0.1) is 6.54 Å². The summed E-state index contributed by atoms with van der Waals surface area (Å²) in [4.78, 5) is 22.7. The lowest BCUT2D eigenvalue weighted by Gasteiger charge is -2.08. The van der Waals surface area contributed by atoms with Gasteiger partial charge in [0, 0.05) is 12.2 Å². The fourth-order valence-corrected chi connectivity index (χ4v) is 1.31. The van der Waals surface area contributed by atoms with Crippen molar-refractivity contribution < 1.29 is 9.59 Å². The highest BCUT2D eigenvalue weighted by Crippen LogP contribution is 2.08. The van der Waals surface area contributed by atoms with Crippen LogP contribution in [0.4, 0.5) is 10.5 Å². The van der Waals surface area contributed by atoms with E-state index in [1.165, 1.54) is 0 Å². The fraction of sp³-hybridized carbons (Fsp3) is 0.231. The molecule has 1 aromatic rings. The van der Waals surface area contributed by atoms with Gasteiger partial charge < -0.3 is 16.0 Å². The molecule has 0 aliphatic heterocycles. The summed E-state index contributed by atoms with van der Waals surface area (Å²) >= 11 is 0. The number of rotatable bonds is 5. The van der Waals surface area contributed by atoms with Crippen molar-refractivity contribution in [3.63, 3.8) is 0 Å². The minimum Gasteiger partial charge on any atom is -0.351 e. The molecule has 3 N–H and O–H groups in total. The zero-order chi connectivity index (χ0) is 13.4. The number of hydrogen-bond donors (Lipinski definition) is 3. The normalized spacial score (nSPS) is 9.39. The summed E-state index contributed by atoms with van der Waals surface area (Å²) in [7, 11) is 0. The van der Waals surface area contributed by atoms with Gasteiger partial charge in [0.2, 0.25) is 5.91 Å². The molecule has 0 radical (unpaired) electrons. The molecule has 1 rings (SSSR count). The molecule has 5 nitrogen and oxygen atoms in total. The number of amides is 3. The predicted molar refractivity (Wildman–Crippen MR) is 71.4 cm³/mol. The highest BCUT2D eigenvalue weighted by Gasteiger charge is 2.04. The molecule has 0 aliphatic carbocycles. The topological polar surface area (TPSA) is 70.2 Å². The lowest BCUT2D eigenvalue weighted by molar-refractivity contribution is -0.119. The molecule has 0 heterocycles. The van der Waals surface area contributed by atoms with Gasteiger partial charge in [-0.25, -0.2) is 4.79 Å². The molecule has 0 aliphatic rings. The Morgan fingerprint density at radius 1 is 1.33 bits per heavy atom. The van der Waals surface area contributed by atoms with Gasteiger partial charge in [-0.2, -0.15) is 0 Å². The third-order valence-corrected chi connectivity index (χ3v) is 2.13. The SMILES string of the molecule is C=CCNC(=O)CNC(=O)Nc1cccc(C)c1. The van der Waals surface area contributed by atoms with Gasteiger partial charge in [0.25, 0.3) is 0 Å². The van der Waals surface area contributed by atoms with Crippen LogP contribution in [0.2, 0.25) is 0 Å². The number of nitrogens with one attached hydrogen (secondary N) is 3. The van der Waals surface area contributed by atoms with Crippen molar-refractivity contribution in [2.75, 3.05) is 18.4 Å². The van der Waals surface area contributed by atoms with Crippen LogP contribution in [-0.2, 0) is 4.79 Å². The highest BCUT2D eigenvalue weighted by molar-refractivity contribution is 5.92. The maximum atomic E-state index is 11.5. The van der Waals surface area contributed by atoms with Crippen molar-refractivity contribution in [3.8, 4) is 0 Å². The second kappa shape index (κ2) is 7.11. The van der Waals surface area contributed by atoms with Crippen molar-refractivity contribution in [2.45, 2.75) is 6.92 Å². The van der Waals surface area contributed by atoms with Gasteiger partial charge in [-0.15, -0.1) is 6.58 Å². The smallest absolute Gasteiger partial charge is 0.319 e.